The molecule has 1 unspecified atom stereocenters. The molecule has 0 amide bonds. The minimum absolute atomic E-state index is 0.176. The molecule has 2 rings (SSSR count). The van der Waals surface area contributed by atoms with E-state index in [2.05, 4.69) is 0 Å². The van der Waals surface area contributed by atoms with Crippen molar-refractivity contribution in [3.63, 3.8) is 0 Å². The average molecular weight is 283 g/mol. The van der Waals surface area contributed by atoms with Crippen LogP contribution in [0.5, 0.6) is 0 Å². The van der Waals surface area contributed by atoms with Crippen LogP contribution in [0.25, 0.3) is 0 Å². The lowest BCUT2D eigenvalue weighted by Crippen LogP contribution is -2.52. The first-order valence-electron chi connectivity index (χ1n) is 6.07. The van der Waals surface area contributed by atoms with Crippen LogP contribution in [0.15, 0.2) is 0 Å². The third kappa shape index (κ3) is 3.12. The van der Waals surface area contributed by atoms with Gasteiger partial charge in [0.05, 0.1) is 12.7 Å². The van der Waals surface area contributed by atoms with E-state index in [1.54, 1.807) is 4.31 Å². The number of nitrogens with zero attached hydrogens (tertiary/aromatic N) is 2. The van der Waals surface area contributed by atoms with Crippen LogP contribution in [-0.4, -0.2) is 61.8 Å². The average Bonchev–Trinajstić information content (AvgIpc) is 2.40. The lowest BCUT2D eigenvalue weighted by atomic mass is 10.2. The first kappa shape index (κ1) is 13.5. The molecular weight excluding hydrogens is 264 g/mol. The molecule has 7 heteroatoms. The molecule has 2 aliphatic rings. The van der Waals surface area contributed by atoms with Crippen LogP contribution in [0.1, 0.15) is 19.3 Å². The van der Waals surface area contributed by atoms with E-state index in [-0.39, 0.29) is 6.10 Å². The fraction of sp³-hybridized carbons (Fsp3) is 1.00. The summed E-state index contributed by atoms with van der Waals surface area (Å²) in [5, 5.41) is 0. The Labute approximate surface area is 108 Å². The second-order valence-corrected chi connectivity index (χ2v) is 6.71. The van der Waals surface area contributed by atoms with E-state index in [0.717, 1.165) is 19.3 Å². The number of rotatable bonds is 3. The van der Waals surface area contributed by atoms with Gasteiger partial charge in [0.15, 0.2) is 0 Å². The molecule has 17 heavy (non-hydrogen) atoms. The summed E-state index contributed by atoms with van der Waals surface area (Å²) in [7, 11) is -3.30. The van der Waals surface area contributed by atoms with Crippen molar-refractivity contribution in [3.05, 3.63) is 0 Å². The summed E-state index contributed by atoms with van der Waals surface area (Å²) in [6.45, 7) is 2.54. The molecule has 100 valence electrons. The monoisotopic (exact) mass is 282 g/mol. The third-order valence-corrected chi connectivity index (χ3v) is 5.59. The van der Waals surface area contributed by atoms with Crippen molar-refractivity contribution in [1.29, 1.82) is 0 Å². The summed E-state index contributed by atoms with van der Waals surface area (Å²) in [6.07, 6.45) is 2.87. The molecule has 0 radical (unpaired) electrons. The summed E-state index contributed by atoms with van der Waals surface area (Å²) >= 11 is 5.72. The summed E-state index contributed by atoms with van der Waals surface area (Å²) in [4.78, 5) is 0. The van der Waals surface area contributed by atoms with Crippen molar-refractivity contribution in [2.45, 2.75) is 25.4 Å². The van der Waals surface area contributed by atoms with E-state index in [1.807, 2.05) is 0 Å². The molecule has 1 atom stereocenters. The van der Waals surface area contributed by atoms with E-state index in [4.69, 9.17) is 16.3 Å². The van der Waals surface area contributed by atoms with Gasteiger partial charge in [-0.2, -0.15) is 17.0 Å². The number of halogens is 1. The Balaban J connectivity index is 2.03. The topological polar surface area (TPSA) is 49.9 Å². The van der Waals surface area contributed by atoms with Gasteiger partial charge in [0.1, 0.15) is 0 Å². The molecule has 2 aliphatic heterocycles. The highest BCUT2D eigenvalue weighted by Gasteiger charge is 2.34. The van der Waals surface area contributed by atoms with Gasteiger partial charge in [-0.1, -0.05) is 6.42 Å². The second-order valence-electron chi connectivity index (χ2n) is 4.47. The van der Waals surface area contributed by atoms with Gasteiger partial charge in [-0.25, -0.2) is 0 Å². The standard InChI is InChI=1S/C10H19ClN2O3S/c11-8-10-9-13(6-7-16-10)17(14,15)12-4-2-1-3-5-12/h10H,1-9H2. The van der Waals surface area contributed by atoms with Crippen molar-refractivity contribution < 1.29 is 13.2 Å². The van der Waals surface area contributed by atoms with Gasteiger partial charge in [0, 0.05) is 32.1 Å². The number of hydrogen-bond acceptors (Lipinski definition) is 3. The predicted octanol–water partition coefficient (Wildman–Crippen LogP) is 0.657. The highest BCUT2D eigenvalue weighted by molar-refractivity contribution is 7.86. The zero-order valence-electron chi connectivity index (χ0n) is 9.85. The maximum absolute atomic E-state index is 12.4. The van der Waals surface area contributed by atoms with Crippen molar-refractivity contribution in [3.8, 4) is 0 Å². The highest BCUT2D eigenvalue weighted by atomic mass is 35.5. The molecule has 0 aromatic rings. The maximum Gasteiger partial charge on any atom is 0.282 e. The van der Waals surface area contributed by atoms with Gasteiger partial charge >= 0.3 is 0 Å². The molecule has 5 nitrogen and oxygen atoms in total. The zero-order chi connectivity index (χ0) is 12.3. The van der Waals surface area contributed by atoms with Gasteiger partial charge in [0.2, 0.25) is 0 Å². The van der Waals surface area contributed by atoms with Gasteiger partial charge in [-0.3, -0.25) is 0 Å². The van der Waals surface area contributed by atoms with E-state index in [9.17, 15) is 8.42 Å². The Hall–Kier alpha value is 0.120. The van der Waals surface area contributed by atoms with Crippen LogP contribution in [0, 0.1) is 0 Å². The van der Waals surface area contributed by atoms with Crippen LogP contribution in [-0.2, 0) is 14.9 Å². The molecule has 0 saturated carbocycles. The smallest absolute Gasteiger partial charge is 0.282 e. The number of morpholine rings is 1. The summed E-state index contributed by atoms with van der Waals surface area (Å²) < 4.78 is 33.2. The quantitative estimate of drug-likeness (QED) is 0.715. The number of piperidine rings is 1. The Morgan fingerprint density at radius 2 is 1.82 bits per heavy atom. The third-order valence-electron chi connectivity index (χ3n) is 3.24. The maximum atomic E-state index is 12.4. The molecular formula is C10H19ClN2O3S. The normalized spacial score (nSPS) is 29.4. The fourth-order valence-corrected chi connectivity index (χ4v) is 4.15. The van der Waals surface area contributed by atoms with Crippen molar-refractivity contribution in [2.24, 2.45) is 0 Å². The van der Waals surface area contributed by atoms with Crippen LogP contribution < -0.4 is 0 Å². The predicted molar refractivity (Wildman–Crippen MR) is 66.4 cm³/mol. The molecule has 0 N–H and O–H groups in total. The molecule has 0 aromatic carbocycles. The highest BCUT2D eigenvalue weighted by Crippen LogP contribution is 2.19. The number of ether oxygens (including phenoxy) is 1. The molecule has 0 aromatic heterocycles. The second kappa shape index (κ2) is 5.84. The minimum Gasteiger partial charge on any atom is -0.374 e. The number of alkyl halides is 1. The van der Waals surface area contributed by atoms with Gasteiger partial charge in [-0.15, -0.1) is 11.6 Å². The first-order chi connectivity index (χ1) is 8.14. The molecule has 2 heterocycles. The van der Waals surface area contributed by atoms with Gasteiger partial charge in [0.25, 0.3) is 10.2 Å². The Morgan fingerprint density at radius 3 is 2.47 bits per heavy atom. The van der Waals surface area contributed by atoms with Crippen molar-refractivity contribution in [1.82, 2.24) is 8.61 Å². The molecule has 2 fully saturated rings. The Kier molecular flexibility index (Phi) is 4.65. The lowest BCUT2D eigenvalue weighted by Gasteiger charge is -2.36. The van der Waals surface area contributed by atoms with Crippen LogP contribution in [0.4, 0.5) is 0 Å². The van der Waals surface area contributed by atoms with E-state index in [1.165, 1.54) is 4.31 Å². The van der Waals surface area contributed by atoms with Crippen molar-refractivity contribution in [2.75, 3.05) is 38.7 Å². The summed E-state index contributed by atoms with van der Waals surface area (Å²) in [5.74, 6) is 0.339. The van der Waals surface area contributed by atoms with E-state index >= 15 is 0 Å². The molecule has 0 bridgehead atoms. The molecule has 0 spiro atoms. The Morgan fingerprint density at radius 1 is 1.12 bits per heavy atom. The first-order valence-corrected chi connectivity index (χ1v) is 8.00. The fourth-order valence-electron chi connectivity index (χ4n) is 2.25. The van der Waals surface area contributed by atoms with E-state index in [0.29, 0.717) is 38.7 Å². The SMILES string of the molecule is O=S(=O)(N1CCCCC1)N1CCOC(CCl)C1. The summed E-state index contributed by atoms with van der Waals surface area (Å²) in [6, 6.07) is 0. The van der Waals surface area contributed by atoms with Gasteiger partial charge in [-0.05, 0) is 12.8 Å². The zero-order valence-corrected chi connectivity index (χ0v) is 11.4. The van der Waals surface area contributed by atoms with E-state index < -0.39 is 10.2 Å². The van der Waals surface area contributed by atoms with Crippen molar-refractivity contribution >= 4 is 21.8 Å². The molecule has 0 aliphatic carbocycles. The number of hydrogen-bond donors (Lipinski definition) is 0. The minimum atomic E-state index is -3.30. The molecule has 2 saturated heterocycles. The van der Waals surface area contributed by atoms with Gasteiger partial charge < -0.3 is 4.74 Å². The van der Waals surface area contributed by atoms with Crippen LogP contribution in [0.3, 0.4) is 0 Å². The largest absolute Gasteiger partial charge is 0.374 e. The lowest BCUT2D eigenvalue weighted by molar-refractivity contribution is 0.0101. The Bertz CT molecular complexity index is 343. The van der Waals surface area contributed by atoms with Crippen LogP contribution >= 0.6 is 11.6 Å². The van der Waals surface area contributed by atoms with Crippen LogP contribution in [0.2, 0.25) is 0 Å². The summed E-state index contributed by atoms with van der Waals surface area (Å²) in [5.41, 5.74) is 0.